The lowest BCUT2D eigenvalue weighted by Gasteiger charge is -2.23. The van der Waals surface area contributed by atoms with E-state index in [4.69, 9.17) is 4.74 Å². The van der Waals surface area contributed by atoms with Crippen molar-refractivity contribution in [2.45, 2.75) is 51.0 Å². The molecule has 34 heavy (non-hydrogen) atoms. The van der Waals surface area contributed by atoms with Gasteiger partial charge in [-0.15, -0.1) is 0 Å². The highest BCUT2D eigenvalue weighted by molar-refractivity contribution is 5.80. The molecule has 180 valence electrons. The van der Waals surface area contributed by atoms with E-state index >= 15 is 0 Å². The standard InChI is InChI=1S/C27H32N2O5/c1-18-19(26(31)32)14-16-29(18)25(30)13-3-2-8-15-28-27(33)34-17-24-22-11-6-4-9-20(22)21-10-5-7-12-23(21)24/h4-7,9-12,18-19,24H,2-3,8,13-17H2,1H3,(H,28,33)(H,31,32). The number of hydrogen-bond donors (Lipinski definition) is 2. The SMILES string of the molecule is CC1C(C(=O)O)CCN1C(=O)CCCCCNC(=O)OCC1c2ccccc2-c2ccccc21. The summed E-state index contributed by atoms with van der Waals surface area (Å²) in [5.74, 6) is -1.24. The van der Waals surface area contributed by atoms with Gasteiger partial charge in [-0.3, -0.25) is 9.59 Å². The highest BCUT2D eigenvalue weighted by Gasteiger charge is 2.37. The van der Waals surface area contributed by atoms with Gasteiger partial charge in [-0.05, 0) is 48.4 Å². The molecule has 2 aromatic carbocycles. The van der Waals surface area contributed by atoms with Crippen LogP contribution in [0, 0.1) is 5.92 Å². The first-order chi connectivity index (χ1) is 16.5. The minimum atomic E-state index is -0.831. The summed E-state index contributed by atoms with van der Waals surface area (Å²) in [6.45, 7) is 3.11. The van der Waals surface area contributed by atoms with Gasteiger partial charge in [0.05, 0.1) is 5.92 Å². The molecule has 2 unspecified atom stereocenters. The Balaban J connectivity index is 1.14. The van der Waals surface area contributed by atoms with Crippen LogP contribution in [0.25, 0.3) is 11.1 Å². The summed E-state index contributed by atoms with van der Waals surface area (Å²) in [5.41, 5.74) is 4.76. The number of alkyl carbamates (subject to hydrolysis) is 1. The molecule has 0 aromatic heterocycles. The maximum absolute atomic E-state index is 12.4. The van der Waals surface area contributed by atoms with E-state index in [1.165, 1.54) is 22.3 Å². The second-order valence-corrected chi connectivity index (χ2v) is 9.12. The van der Waals surface area contributed by atoms with Crippen LogP contribution in [0.1, 0.15) is 56.1 Å². The number of benzene rings is 2. The van der Waals surface area contributed by atoms with Gasteiger partial charge in [-0.1, -0.05) is 55.0 Å². The molecule has 0 bridgehead atoms. The fourth-order valence-corrected chi connectivity index (χ4v) is 5.18. The third-order valence-electron chi connectivity index (χ3n) is 7.07. The van der Waals surface area contributed by atoms with Crippen molar-refractivity contribution in [2.24, 2.45) is 5.92 Å². The molecule has 1 aliphatic carbocycles. The zero-order valence-corrected chi connectivity index (χ0v) is 19.5. The van der Waals surface area contributed by atoms with Crippen molar-refractivity contribution in [1.29, 1.82) is 0 Å². The van der Waals surface area contributed by atoms with Gasteiger partial charge in [0.1, 0.15) is 6.61 Å². The van der Waals surface area contributed by atoms with Crippen molar-refractivity contribution < 1.29 is 24.2 Å². The summed E-state index contributed by atoms with van der Waals surface area (Å²) in [7, 11) is 0. The van der Waals surface area contributed by atoms with Crippen molar-refractivity contribution in [3.63, 3.8) is 0 Å². The summed E-state index contributed by atoms with van der Waals surface area (Å²) in [6, 6.07) is 16.2. The van der Waals surface area contributed by atoms with E-state index < -0.39 is 18.0 Å². The zero-order chi connectivity index (χ0) is 24.1. The number of likely N-dealkylation sites (tertiary alicyclic amines) is 1. The summed E-state index contributed by atoms with van der Waals surface area (Å²) in [4.78, 5) is 37.5. The number of carbonyl (C=O) groups excluding carboxylic acids is 2. The molecular weight excluding hydrogens is 432 g/mol. The van der Waals surface area contributed by atoms with E-state index in [-0.39, 0.29) is 17.9 Å². The average Bonchev–Trinajstić information content (AvgIpc) is 3.38. The molecular formula is C27H32N2O5. The Morgan fingerprint density at radius 1 is 1.00 bits per heavy atom. The van der Waals surface area contributed by atoms with Crippen LogP contribution < -0.4 is 5.32 Å². The summed E-state index contributed by atoms with van der Waals surface area (Å²) in [5, 5.41) is 12.0. The second kappa shape index (κ2) is 10.7. The van der Waals surface area contributed by atoms with Gasteiger partial charge in [-0.25, -0.2) is 4.79 Å². The predicted octanol–water partition coefficient (Wildman–Crippen LogP) is 4.41. The third-order valence-corrected chi connectivity index (χ3v) is 7.07. The molecule has 1 aliphatic heterocycles. The maximum atomic E-state index is 12.4. The number of carboxylic acid groups (broad SMARTS) is 1. The minimum Gasteiger partial charge on any atom is -0.481 e. The lowest BCUT2D eigenvalue weighted by molar-refractivity contribution is -0.143. The van der Waals surface area contributed by atoms with Crippen molar-refractivity contribution in [2.75, 3.05) is 19.7 Å². The molecule has 4 rings (SSSR count). The number of unbranched alkanes of at least 4 members (excludes halogenated alkanes) is 2. The molecule has 2 aromatic rings. The molecule has 1 saturated heterocycles. The number of aliphatic carboxylic acids is 1. The molecule has 2 aliphatic rings. The van der Waals surface area contributed by atoms with Gasteiger partial charge < -0.3 is 20.1 Å². The van der Waals surface area contributed by atoms with Crippen LogP contribution in [0.3, 0.4) is 0 Å². The summed E-state index contributed by atoms with van der Waals surface area (Å²) >= 11 is 0. The molecule has 2 amide bonds. The molecule has 1 heterocycles. The van der Waals surface area contributed by atoms with Crippen molar-refractivity contribution >= 4 is 18.0 Å². The summed E-state index contributed by atoms with van der Waals surface area (Å²) in [6.07, 6.45) is 2.77. The fraction of sp³-hybridized carbons (Fsp3) is 0.444. The molecule has 0 saturated carbocycles. The van der Waals surface area contributed by atoms with Crippen LogP contribution >= 0.6 is 0 Å². The first-order valence-electron chi connectivity index (χ1n) is 12.1. The first kappa shape index (κ1) is 23.8. The first-order valence-corrected chi connectivity index (χ1v) is 12.1. The highest BCUT2D eigenvalue weighted by Crippen LogP contribution is 2.44. The Morgan fingerprint density at radius 3 is 2.26 bits per heavy atom. The van der Waals surface area contributed by atoms with Crippen molar-refractivity contribution in [3.05, 3.63) is 59.7 Å². The fourth-order valence-electron chi connectivity index (χ4n) is 5.18. The number of amides is 2. The van der Waals surface area contributed by atoms with E-state index in [1.54, 1.807) is 4.90 Å². The smallest absolute Gasteiger partial charge is 0.407 e. The maximum Gasteiger partial charge on any atom is 0.407 e. The van der Waals surface area contributed by atoms with Crippen LogP contribution in [0.2, 0.25) is 0 Å². The molecule has 0 spiro atoms. The van der Waals surface area contributed by atoms with E-state index in [9.17, 15) is 19.5 Å². The minimum absolute atomic E-state index is 0.0146. The monoisotopic (exact) mass is 464 g/mol. The number of nitrogens with one attached hydrogen (secondary N) is 1. The Morgan fingerprint density at radius 2 is 1.65 bits per heavy atom. The molecule has 1 fully saturated rings. The van der Waals surface area contributed by atoms with Crippen LogP contribution in [-0.4, -0.2) is 53.7 Å². The van der Waals surface area contributed by atoms with E-state index in [0.29, 0.717) is 39.0 Å². The van der Waals surface area contributed by atoms with E-state index in [1.807, 2.05) is 31.2 Å². The van der Waals surface area contributed by atoms with Gasteiger partial charge in [0, 0.05) is 31.5 Å². The Bertz CT molecular complexity index is 1010. The Hall–Kier alpha value is -3.35. The number of carbonyl (C=O) groups is 3. The Kier molecular flexibility index (Phi) is 7.50. The topological polar surface area (TPSA) is 95.9 Å². The van der Waals surface area contributed by atoms with Crippen molar-refractivity contribution in [3.8, 4) is 11.1 Å². The molecule has 7 heteroatoms. The van der Waals surface area contributed by atoms with Crippen LogP contribution in [0.15, 0.2) is 48.5 Å². The van der Waals surface area contributed by atoms with Gasteiger partial charge >= 0.3 is 12.1 Å². The lowest BCUT2D eigenvalue weighted by atomic mass is 9.98. The zero-order valence-electron chi connectivity index (χ0n) is 19.5. The average molecular weight is 465 g/mol. The number of ether oxygens (including phenoxy) is 1. The lowest BCUT2D eigenvalue weighted by Crippen LogP contribution is -2.37. The van der Waals surface area contributed by atoms with Crippen LogP contribution in [-0.2, 0) is 14.3 Å². The molecule has 7 nitrogen and oxygen atoms in total. The number of carboxylic acids is 1. The van der Waals surface area contributed by atoms with Gasteiger partial charge in [-0.2, -0.15) is 0 Å². The van der Waals surface area contributed by atoms with Gasteiger partial charge in [0.2, 0.25) is 5.91 Å². The van der Waals surface area contributed by atoms with Gasteiger partial charge in [0.15, 0.2) is 0 Å². The molecule has 2 atom stereocenters. The Labute approximate surface area is 200 Å². The predicted molar refractivity (Wildman–Crippen MR) is 128 cm³/mol. The second-order valence-electron chi connectivity index (χ2n) is 9.12. The molecule has 0 radical (unpaired) electrons. The number of hydrogen-bond acceptors (Lipinski definition) is 4. The third kappa shape index (κ3) is 5.08. The number of rotatable bonds is 9. The normalized spacial score (nSPS) is 18.9. The largest absolute Gasteiger partial charge is 0.481 e. The van der Waals surface area contributed by atoms with Gasteiger partial charge in [0.25, 0.3) is 0 Å². The molecule has 2 N–H and O–H groups in total. The van der Waals surface area contributed by atoms with Crippen LogP contribution in [0.5, 0.6) is 0 Å². The summed E-state index contributed by atoms with van der Waals surface area (Å²) < 4.78 is 5.53. The van der Waals surface area contributed by atoms with Crippen LogP contribution in [0.4, 0.5) is 4.79 Å². The highest BCUT2D eigenvalue weighted by atomic mass is 16.5. The number of nitrogens with zero attached hydrogens (tertiary/aromatic N) is 1. The van der Waals surface area contributed by atoms with E-state index in [0.717, 1.165) is 12.8 Å². The number of fused-ring (bicyclic) bond motifs is 3. The van der Waals surface area contributed by atoms with Crippen molar-refractivity contribution in [1.82, 2.24) is 10.2 Å². The van der Waals surface area contributed by atoms with E-state index in [2.05, 4.69) is 29.6 Å². The quantitative estimate of drug-likeness (QED) is 0.536.